The quantitative estimate of drug-likeness (QED) is 0.703. The van der Waals surface area contributed by atoms with Crippen LogP contribution in [0.2, 0.25) is 5.02 Å². The summed E-state index contributed by atoms with van der Waals surface area (Å²) in [6.45, 7) is 2.95. The highest BCUT2D eigenvalue weighted by molar-refractivity contribution is 7.90. The second-order valence-corrected chi connectivity index (χ2v) is 7.91. The zero-order valence-electron chi connectivity index (χ0n) is 13.2. The number of hydrogen-bond acceptors (Lipinski definition) is 6. The molecule has 1 amide bonds. The first-order chi connectivity index (χ1) is 11.2. The van der Waals surface area contributed by atoms with Crippen molar-refractivity contribution in [2.45, 2.75) is 18.8 Å². The Balaban J connectivity index is 3.00. The van der Waals surface area contributed by atoms with Crippen molar-refractivity contribution in [1.29, 1.82) is 0 Å². The number of ether oxygens (including phenoxy) is 1. The Hall–Kier alpha value is -1.88. The van der Waals surface area contributed by atoms with Crippen molar-refractivity contribution in [3.8, 4) is 5.75 Å². The van der Waals surface area contributed by atoms with Gasteiger partial charge >= 0.3 is 6.18 Å². The van der Waals surface area contributed by atoms with Gasteiger partial charge in [-0.1, -0.05) is 11.6 Å². The summed E-state index contributed by atoms with van der Waals surface area (Å²) in [5.41, 5.74) is -1.87. The minimum atomic E-state index is -4.59. The van der Waals surface area contributed by atoms with Crippen LogP contribution < -0.4 is 10.1 Å². The van der Waals surface area contributed by atoms with Crippen molar-refractivity contribution in [3.05, 3.63) is 23.0 Å². The number of pyridine rings is 1. The van der Waals surface area contributed by atoms with Gasteiger partial charge in [0.15, 0.2) is 16.4 Å². The topological polar surface area (TPSA) is 97.7 Å². The van der Waals surface area contributed by atoms with E-state index in [1.807, 2.05) is 0 Å². The number of rotatable bonds is 7. The number of nitrogens with zero attached hydrogens (tertiary/aromatic N) is 2. The third-order valence-corrected chi connectivity index (χ3v) is 4.09. The van der Waals surface area contributed by atoms with Crippen LogP contribution in [-0.2, 0) is 9.84 Å². The van der Waals surface area contributed by atoms with Gasteiger partial charge in [-0.05, 0) is 13.6 Å². The minimum Gasteiger partial charge on any atom is -0.482 e. The molecule has 0 spiro atoms. The van der Waals surface area contributed by atoms with Gasteiger partial charge in [-0.25, -0.2) is 13.4 Å². The molecule has 0 saturated heterocycles. The molecule has 25 heavy (non-hydrogen) atoms. The highest BCUT2D eigenvalue weighted by atomic mass is 35.5. The Kier molecular flexibility index (Phi) is 6.40. The maximum absolute atomic E-state index is 12.2. The van der Waals surface area contributed by atoms with E-state index in [1.54, 1.807) is 0 Å². The second-order valence-electron chi connectivity index (χ2n) is 5.36. The molecule has 1 aromatic rings. The number of sulfone groups is 1. The van der Waals surface area contributed by atoms with E-state index in [-0.39, 0.29) is 10.7 Å². The van der Waals surface area contributed by atoms with E-state index in [2.05, 4.69) is 26.7 Å². The van der Waals surface area contributed by atoms with Crippen molar-refractivity contribution in [3.63, 3.8) is 0 Å². The highest BCUT2D eigenvalue weighted by Gasteiger charge is 2.31. The summed E-state index contributed by atoms with van der Waals surface area (Å²) in [5.74, 6) is -1.80. The van der Waals surface area contributed by atoms with Crippen LogP contribution in [0.1, 0.15) is 17.4 Å². The fraction of sp³-hybridized carbons (Fsp3) is 0.462. The molecule has 0 bridgehead atoms. The average Bonchev–Trinajstić information content (AvgIpc) is 2.43. The number of aliphatic imine (C=N–C) groups is 1. The molecular formula is C13H15ClF3N3O4S. The highest BCUT2D eigenvalue weighted by Crippen LogP contribution is 2.26. The molecular weight excluding hydrogens is 387 g/mol. The molecule has 0 aromatic carbocycles. The number of carbonyl (C=O) groups is 1. The average molecular weight is 402 g/mol. The van der Waals surface area contributed by atoms with Gasteiger partial charge in [-0.3, -0.25) is 9.79 Å². The fourth-order valence-electron chi connectivity index (χ4n) is 1.76. The van der Waals surface area contributed by atoms with Gasteiger partial charge in [0.1, 0.15) is 22.1 Å². The van der Waals surface area contributed by atoms with Gasteiger partial charge in [0, 0.05) is 12.3 Å². The van der Waals surface area contributed by atoms with E-state index in [9.17, 15) is 26.4 Å². The Bertz CT molecular complexity index is 770. The molecule has 1 heterocycles. The number of alkyl halides is 3. The summed E-state index contributed by atoms with van der Waals surface area (Å²) in [4.78, 5) is 19.5. The molecule has 0 fully saturated rings. The van der Waals surface area contributed by atoms with Crippen LogP contribution in [0.5, 0.6) is 5.75 Å². The first kappa shape index (κ1) is 21.2. The number of halogens is 4. The van der Waals surface area contributed by atoms with Gasteiger partial charge in [0.2, 0.25) is 0 Å². The summed E-state index contributed by atoms with van der Waals surface area (Å²) < 4.78 is 64.0. The van der Waals surface area contributed by atoms with Crippen LogP contribution in [0.4, 0.5) is 13.2 Å². The van der Waals surface area contributed by atoms with Crippen molar-refractivity contribution >= 4 is 34.1 Å². The van der Waals surface area contributed by atoms with Gasteiger partial charge in [-0.15, -0.1) is 0 Å². The number of aromatic nitrogens is 1. The number of amides is 1. The normalized spacial score (nSPS) is 14.5. The van der Waals surface area contributed by atoms with Gasteiger partial charge < -0.3 is 10.1 Å². The lowest BCUT2D eigenvalue weighted by Crippen LogP contribution is -2.49. The maximum atomic E-state index is 12.2. The smallest absolute Gasteiger partial charge is 0.422 e. The fourth-order valence-corrected chi connectivity index (χ4v) is 3.10. The molecule has 1 aromatic heterocycles. The van der Waals surface area contributed by atoms with Gasteiger partial charge in [0.05, 0.1) is 11.9 Å². The van der Waals surface area contributed by atoms with Gasteiger partial charge in [0.25, 0.3) is 5.91 Å². The van der Waals surface area contributed by atoms with Crippen LogP contribution >= 0.6 is 11.6 Å². The van der Waals surface area contributed by atoms with E-state index in [1.165, 1.54) is 6.92 Å². The second kappa shape index (κ2) is 7.56. The number of hydrogen-bond donors (Lipinski definition) is 1. The molecule has 0 aliphatic carbocycles. The van der Waals surface area contributed by atoms with E-state index in [0.717, 1.165) is 18.5 Å². The van der Waals surface area contributed by atoms with Crippen molar-refractivity contribution in [2.24, 2.45) is 4.99 Å². The third-order valence-electron chi connectivity index (χ3n) is 2.72. The monoisotopic (exact) mass is 401 g/mol. The van der Waals surface area contributed by atoms with Crippen LogP contribution in [0, 0.1) is 0 Å². The predicted octanol–water partition coefficient (Wildman–Crippen LogP) is 1.87. The Morgan fingerprint density at radius 2 is 2.08 bits per heavy atom. The molecule has 0 aliphatic heterocycles. The zero-order chi connectivity index (χ0) is 19.5. The standard InChI is InChI=1S/C13H15ClF3N3O4S/c1-12(18-2,7-25(3,22)23)20-11(21)9-4-10(8(14)5-19-9)24-6-13(15,16)17/h4-5H,2,6-7H2,1,3H3,(H,20,21). The SMILES string of the molecule is C=NC(C)(CS(C)(=O)=O)NC(=O)c1cc(OCC(F)(F)F)c(Cl)cn1. The van der Waals surface area contributed by atoms with Crippen LogP contribution in [0.15, 0.2) is 17.3 Å². The predicted molar refractivity (Wildman–Crippen MR) is 85.9 cm³/mol. The van der Waals surface area contributed by atoms with Crippen LogP contribution in [0.3, 0.4) is 0 Å². The van der Waals surface area contributed by atoms with Crippen molar-refractivity contribution < 1.29 is 31.1 Å². The summed E-state index contributed by atoms with van der Waals surface area (Å²) in [5, 5.41) is 2.08. The van der Waals surface area contributed by atoms with E-state index < -0.39 is 45.7 Å². The van der Waals surface area contributed by atoms with Crippen molar-refractivity contribution in [1.82, 2.24) is 10.3 Å². The van der Waals surface area contributed by atoms with E-state index >= 15 is 0 Å². The molecule has 1 unspecified atom stereocenters. The van der Waals surface area contributed by atoms with Crippen molar-refractivity contribution in [2.75, 3.05) is 18.6 Å². The maximum Gasteiger partial charge on any atom is 0.422 e. The molecule has 0 radical (unpaired) electrons. The molecule has 0 aliphatic rings. The first-order valence-corrected chi connectivity index (χ1v) is 9.02. The largest absolute Gasteiger partial charge is 0.482 e. The molecule has 12 heteroatoms. The molecule has 1 atom stereocenters. The zero-order valence-corrected chi connectivity index (χ0v) is 14.8. The van der Waals surface area contributed by atoms with E-state index in [4.69, 9.17) is 11.6 Å². The first-order valence-electron chi connectivity index (χ1n) is 6.58. The molecule has 1 N–H and O–H groups in total. The summed E-state index contributed by atoms with van der Waals surface area (Å²) >= 11 is 5.68. The third kappa shape index (κ3) is 7.26. The minimum absolute atomic E-state index is 0.221. The van der Waals surface area contributed by atoms with Crippen LogP contribution in [-0.4, -0.2) is 56.5 Å². The molecule has 140 valence electrons. The lowest BCUT2D eigenvalue weighted by atomic mass is 10.2. The summed E-state index contributed by atoms with van der Waals surface area (Å²) in [6.07, 6.45) is -2.69. The number of nitrogens with one attached hydrogen (secondary N) is 1. The number of carbonyl (C=O) groups excluding carboxylic acids is 1. The Labute approximate surface area is 147 Å². The lowest BCUT2D eigenvalue weighted by Gasteiger charge is -2.25. The summed E-state index contributed by atoms with van der Waals surface area (Å²) in [6, 6.07) is 0.910. The lowest BCUT2D eigenvalue weighted by molar-refractivity contribution is -0.153. The summed E-state index contributed by atoms with van der Waals surface area (Å²) in [7, 11) is -3.50. The van der Waals surface area contributed by atoms with Gasteiger partial charge in [-0.2, -0.15) is 13.2 Å². The molecule has 7 nitrogen and oxygen atoms in total. The van der Waals surface area contributed by atoms with E-state index in [0.29, 0.717) is 0 Å². The van der Waals surface area contributed by atoms with Crippen LogP contribution in [0.25, 0.3) is 0 Å². The molecule has 0 saturated carbocycles. The molecule has 1 rings (SSSR count). The Morgan fingerprint density at radius 3 is 2.56 bits per heavy atom. The Morgan fingerprint density at radius 1 is 1.48 bits per heavy atom.